The minimum absolute atomic E-state index is 1.01. The molecular formula is C6H8IN. The number of hydrogen-bond acceptors (Lipinski definition) is 1. The Morgan fingerprint density at radius 1 is 1.62 bits per heavy atom. The lowest BCUT2D eigenvalue weighted by molar-refractivity contribution is 0.943. The molecule has 0 radical (unpaired) electrons. The molecule has 1 nitrogen and oxygen atoms in total. The van der Waals surface area contributed by atoms with Crippen molar-refractivity contribution in [3.8, 4) is 0 Å². The van der Waals surface area contributed by atoms with Crippen LogP contribution in [0.25, 0.3) is 0 Å². The zero-order valence-corrected chi connectivity index (χ0v) is 6.68. The highest BCUT2D eigenvalue weighted by Crippen LogP contribution is 2.17. The van der Waals surface area contributed by atoms with Crippen LogP contribution in [0.3, 0.4) is 0 Å². The van der Waals surface area contributed by atoms with Gasteiger partial charge in [-0.2, -0.15) is 0 Å². The molecule has 0 aromatic rings. The van der Waals surface area contributed by atoms with Gasteiger partial charge in [0, 0.05) is 9.28 Å². The molecule has 0 aliphatic heterocycles. The van der Waals surface area contributed by atoms with Crippen LogP contribution in [0.5, 0.6) is 0 Å². The van der Waals surface area contributed by atoms with Gasteiger partial charge in [-0.05, 0) is 41.5 Å². The van der Waals surface area contributed by atoms with Crippen molar-refractivity contribution in [1.82, 2.24) is 0 Å². The molecular weight excluding hydrogens is 213 g/mol. The van der Waals surface area contributed by atoms with Crippen LogP contribution in [0.2, 0.25) is 0 Å². The van der Waals surface area contributed by atoms with E-state index in [2.05, 4.69) is 28.7 Å². The standard InChI is InChI=1S/C6H8IN/c7-5-2-1-3-6(8)4-5/h2,4H,1,3,8H2. The van der Waals surface area contributed by atoms with E-state index in [0.29, 0.717) is 0 Å². The minimum atomic E-state index is 1.01. The molecule has 0 aromatic heterocycles. The van der Waals surface area contributed by atoms with Crippen molar-refractivity contribution >= 4 is 22.6 Å². The van der Waals surface area contributed by atoms with Crippen molar-refractivity contribution in [2.75, 3.05) is 0 Å². The van der Waals surface area contributed by atoms with Gasteiger partial charge in [-0.25, -0.2) is 0 Å². The molecule has 0 amide bonds. The van der Waals surface area contributed by atoms with Crippen LogP contribution in [0.1, 0.15) is 12.8 Å². The largest absolute Gasteiger partial charge is 0.402 e. The van der Waals surface area contributed by atoms with Gasteiger partial charge in [0.15, 0.2) is 0 Å². The predicted octanol–water partition coefficient (Wildman–Crippen LogP) is 1.94. The minimum Gasteiger partial charge on any atom is -0.402 e. The first-order valence-electron chi connectivity index (χ1n) is 2.61. The van der Waals surface area contributed by atoms with E-state index in [1.54, 1.807) is 0 Å². The highest BCUT2D eigenvalue weighted by atomic mass is 127. The molecule has 0 heterocycles. The summed E-state index contributed by atoms with van der Waals surface area (Å²) in [5, 5.41) is 0. The lowest BCUT2D eigenvalue weighted by Crippen LogP contribution is -1.98. The average Bonchev–Trinajstić information content (AvgIpc) is 1.64. The summed E-state index contributed by atoms with van der Waals surface area (Å²) >= 11 is 2.28. The van der Waals surface area contributed by atoms with Gasteiger partial charge in [-0.15, -0.1) is 0 Å². The van der Waals surface area contributed by atoms with Gasteiger partial charge in [0.1, 0.15) is 0 Å². The van der Waals surface area contributed by atoms with Crippen LogP contribution in [0, 0.1) is 0 Å². The Balaban J connectivity index is 2.69. The van der Waals surface area contributed by atoms with Gasteiger partial charge < -0.3 is 5.73 Å². The Morgan fingerprint density at radius 3 is 2.75 bits per heavy atom. The fraction of sp³-hybridized carbons (Fsp3) is 0.333. The van der Waals surface area contributed by atoms with Crippen molar-refractivity contribution in [2.45, 2.75) is 12.8 Å². The first kappa shape index (κ1) is 6.13. The highest BCUT2D eigenvalue weighted by Gasteiger charge is 1.96. The molecule has 0 saturated carbocycles. The zero-order chi connectivity index (χ0) is 5.98. The van der Waals surface area contributed by atoms with E-state index in [-0.39, 0.29) is 0 Å². The number of rotatable bonds is 0. The molecule has 2 N–H and O–H groups in total. The molecule has 0 aromatic carbocycles. The van der Waals surface area contributed by atoms with E-state index in [1.807, 2.05) is 6.08 Å². The van der Waals surface area contributed by atoms with Crippen molar-refractivity contribution in [2.24, 2.45) is 5.73 Å². The number of nitrogens with two attached hydrogens (primary N) is 1. The quantitative estimate of drug-likeness (QED) is 0.621. The SMILES string of the molecule is NC1=CC(I)=CCC1. The summed E-state index contributed by atoms with van der Waals surface area (Å²) in [6.45, 7) is 0. The molecule has 0 saturated heterocycles. The summed E-state index contributed by atoms with van der Waals surface area (Å²) in [5.74, 6) is 0. The van der Waals surface area contributed by atoms with Gasteiger partial charge in [0.25, 0.3) is 0 Å². The van der Waals surface area contributed by atoms with Crippen LogP contribution in [0.15, 0.2) is 21.4 Å². The molecule has 0 spiro atoms. The summed E-state index contributed by atoms with van der Waals surface area (Å²) in [6, 6.07) is 0. The van der Waals surface area contributed by atoms with E-state index in [1.165, 1.54) is 3.58 Å². The van der Waals surface area contributed by atoms with Crippen molar-refractivity contribution in [1.29, 1.82) is 0 Å². The smallest absolute Gasteiger partial charge is 0.0107 e. The second-order valence-electron chi connectivity index (χ2n) is 1.85. The molecule has 44 valence electrons. The Hall–Kier alpha value is 0.01000. The van der Waals surface area contributed by atoms with E-state index in [9.17, 15) is 0 Å². The molecule has 0 bridgehead atoms. The van der Waals surface area contributed by atoms with E-state index >= 15 is 0 Å². The third kappa shape index (κ3) is 1.51. The summed E-state index contributed by atoms with van der Waals surface area (Å²) < 4.78 is 1.27. The highest BCUT2D eigenvalue weighted by molar-refractivity contribution is 14.1. The van der Waals surface area contributed by atoms with Crippen LogP contribution in [-0.2, 0) is 0 Å². The molecule has 2 heteroatoms. The molecule has 0 unspecified atom stereocenters. The summed E-state index contributed by atoms with van der Waals surface area (Å²) in [4.78, 5) is 0. The maximum absolute atomic E-state index is 5.54. The second-order valence-corrected chi connectivity index (χ2v) is 3.09. The van der Waals surface area contributed by atoms with Gasteiger partial charge in [-0.3, -0.25) is 0 Å². The zero-order valence-electron chi connectivity index (χ0n) is 4.52. The predicted molar refractivity (Wildman–Crippen MR) is 43.6 cm³/mol. The third-order valence-corrected chi connectivity index (χ3v) is 1.85. The van der Waals surface area contributed by atoms with Crippen LogP contribution >= 0.6 is 22.6 Å². The Labute approximate surface area is 62.8 Å². The van der Waals surface area contributed by atoms with Crippen molar-refractivity contribution in [3.05, 3.63) is 21.4 Å². The Morgan fingerprint density at radius 2 is 2.38 bits per heavy atom. The van der Waals surface area contributed by atoms with Gasteiger partial charge >= 0.3 is 0 Å². The van der Waals surface area contributed by atoms with Crippen molar-refractivity contribution < 1.29 is 0 Å². The molecule has 1 aliphatic carbocycles. The fourth-order valence-electron chi connectivity index (χ4n) is 0.685. The third-order valence-electron chi connectivity index (χ3n) is 1.10. The lowest BCUT2D eigenvalue weighted by atomic mass is 10.1. The van der Waals surface area contributed by atoms with Crippen LogP contribution in [-0.4, -0.2) is 0 Å². The molecule has 0 atom stereocenters. The van der Waals surface area contributed by atoms with E-state index in [4.69, 9.17) is 5.73 Å². The molecule has 1 aliphatic rings. The first-order chi connectivity index (χ1) is 3.79. The monoisotopic (exact) mass is 221 g/mol. The van der Waals surface area contributed by atoms with Crippen molar-refractivity contribution in [3.63, 3.8) is 0 Å². The van der Waals surface area contributed by atoms with E-state index in [0.717, 1.165) is 18.5 Å². The summed E-state index contributed by atoms with van der Waals surface area (Å²) in [5.41, 5.74) is 6.55. The van der Waals surface area contributed by atoms with Gasteiger partial charge in [0.2, 0.25) is 0 Å². The van der Waals surface area contributed by atoms with Gasteiger partial charge in [-0.1, -0.05) is 6.08 Å². The van der Waals surface area contributed by atoms with Crippen LogP contribution < -0.4 is 5.73 Å². The number of allylic oxidation sites excluding steroid dienone is 4. The maximum Gasteiger partial charge on any atom is 0.0107 e. The molecule has 8 heavy (non-hydrogen) atoms. The number of halogens is 1. The van der Waals surface area contributed by atoms with E-state index < -0.39 is 0 Å². The Bertz CT molecular complexity index is 147. The lowest BCUT2D eigenvalue weighted by Gasteiger charge is -2.03. The summed E-state index contributed by atoms with van der Waals surface area (Å²) in [6.07, 6.45) is 6.36. The van der Waals surface area contributed by atoms with Gasteiger partial charge in [0.05, 0.1) is 0 Å². The average molecular weight is 221 g/mol. The van der Waals surface area contributed by atoms with Crippen LogP contribution in [0.4, 0.5) is 0 Å². The second kappa shape index (κ2) is 2.53. The first-order valence-corrected chi connectivity index (χ1v) is 3.68. The summed E-state index contributed by atoms with van der Waals surface area (Å²) in [7, 11) is 0. The normalized spacial score (nSPS) is 19.6. The topological polar surface area (TPSA) is 26.0 Å². The fourth-order valence-corrected chi connectivity index (χ4v) is 1.40. The maximum atomic E-state index is 5.54. The molecule has 1 rings (SSSR count). The Kier molecular flexibility index (Phi) is 1.94. The number of hydrogen-bond donors (Lipinski definition) is 1. The molecule has 0 fully saturated rings.